The van der Waals surface area contributed by atoms with E-state index >= 15 is 0 Å². The summed E-state index contributed by atoms with van der Waals surface area (Å²) in [5.74, 6) is 0.890. The maximum Gasteiger partial charge on any atom is 0.134 e. The molecule has 1 heterocycles. The van der Waals surface area contributed by atoms with Gasteiger partial charge < -0.3 is 14.6 Å². The summed E-state index contributed by atoms with van der Waals surface area (Å²) in [5.41, 5.74) is 1.72. The Morgan fingerprint density at radius 1 is 1.17 bits per heavy atom. The zero-order chi connectivity index (χ0) is 12.8. The van der Waals surface area contributed by atoms with Gasteiger partial charge in [0, 0.05) is 24.4 Å². The third-order valence-electron chi connectivity index (χ3n) is 2.47. The first kappa shape index (κ1) is 12.4. The van der Waals surface area contributed by atoms with E-state index in [-0.39, 0.29) is 5.75 Å². The Morgan fingerprint density at radius 2 is 2.00 bits per heavy atom. The third kappa shape index (κ3) is 2.99. The van der Waals surface area contributed by atoms with Crippen LogP contribution in [-0.4, -0.2) is 30.4 Å². The topological polar surface area (TPSA) is 51.6 Å². The van der Waals surface area contributed by atoms with Gasteiger partial charge in [0.2, 0.25) is 0 Å². The van der Waals surface area contributed by atoms with E-state index in [4.69, 9.17) is 9.47 Å². The molecular weight excluding hydrogens is 230 g/mol. The number of methoxy groups -OCH3 is 1. The first-order valence-corrected chi connectivity index (χ1v) is 5.66. The largest absolute Gasteiger partial charge is 0.506 e. The summed E-state index contributed by atoms with van der Waals surface area (Å²) >= 11 is 0. The highest BCUT2D eigenvalue weighted by molar-refractivity contribution is 5.70. The molecule has 1 aromatic carbocycles. The van der Waals surface area contributed by atoms with Crippen molar-refractivity contribution in [1.82, 2.24) is 4.98 Å². The number of rotatable bonds is 5. The molecular formula is C14H15NO3. The number of pyridine rings is 1. The summed E-state index contributed by atoms with van der Waals surface area (Å²) in [4.78, 5) is 3.97. The number of benzene rings is 1. The molecule has 0 aliphatic heterocycles. The molecule has 18 heavy (non-hydrogen) atoms. The van der Waals surface area contributed by atoms with Crippen molar-refractivity contribution in [2.45, 2.75) is 0 Å². The maximum atomic E-state index is 9.46. The minimum absolute atomic E-state index is 0.138. The molecule has 0 aliphatic rings. The Balaban J connectivity index is 2.27. The Hall–Kier alpha value is -2.07. The lowest BCUT2D eigenvalue weighted by atomic mass is 10.1. The van der Waals surface area contributed by atoms with E-state index in [1.165, 1.54) is 6.20 Å². The van der Waals surface area contributed by atoms with Crippen molar-refractivity contribution >= 4 is 0 Å². The molecule has 1 N–H and O–H groups in total. The third-order valence-corrected chi connectivity index (χ3v) is 2.47. The Labute approximate surface area is 106 Å². The summed E-state index contributed by atoms with van der Waals surface area (Å²) in [6.45, 7) is 1.02. The molecule has 94 valence electrons. The fourth-order valence-electron chi connectivity index (χ4n) is 1.64. The number of para-hydroxylation sites is 1. The molecule has 2 aromatic rings. The van der Waals surface area contributed by atoms with Gasteiger partial charge in [-0.15, -0.1) is 0 Å². The van der Waals surface area contributed by atoms with Crippen LogP contribution in [0.1, 0.15) is 0 Å². The predicted octanol–water partition coefficient (Wildman–Crippen LogP) is 2.48. The molecule has 0 amide bonds. The van der Waals surface area contributed by atoms with E-state index < -0.39 is 0 Å². The molecule has 0 unspecified atom stereocenters. The lowest BCUT2D eigenvalue weighted by Crippen LogP contribution is -2.04. The Bertz CT molecular complexity index is 514. The first-order chi connectivity index (χ1) is 8.81. The van der Waals surface area contributed by atoms with Crippen LogP contribution in [0.5, 0.6) is 11.5 Å². The molecule has 0 atom stereocenters. The van der Waals surface area contributed by atoms with Crippen LogP contribution in [0.2, 0.25) is 0 Å². The van der Waals surface area contributed by atoms with Crippen molar-refractivity contribution in [1.29, 1.82) is 0 Å². The molecule has 2 rings (SSSR count). The van der Waals surface area contributed by atoms with Crippen molar-refractivity contribution in [2.24, 2.45) is 0 Å². The maximum absolute atomic E-state index is 9.46. The van der Waals surface area contributed by atoms with Crippen LogP contribution >= 0.6 is 0 Å². The van der Waals surface area contributed by atoms with Gasteiger partial charge in [0.15, 0.2) is 0 Å². The van der Waals surface area contributed by atoms with Gasteiger partial charge in [0.05, 0.1) is 12.8 Å². The van der Waals surface area contributed by atoms with Crippen molar-refractivity contribution in [3.63, 3.8) is 0 Å². The average Bonchev–Trinajstić information content (AvgIpc) is 2.40. The number of nitrogens with zero attached hydrogens (tertiary/aromatic N) is 1. The monoisotopic (exact) mass is 245 g/mol. The lowest BCUT2D eigenvalue weighted by Gasteiger charge is -2.11. The molecule has 0 saturated heterocycles. The molecule has 0 radical (unpaired) electrons. The van der Waals surface area contributed by atoms with E-state index in [0.29, 0.717) is 13.2 Å². The number of hydrogen-bond donors (Lipinski definition) is 1. The van der Waals surface area contributed by atoms with Gasteiger partial charge in [-0.3, -0.25) is 4.98 Å². The normalized spacial score (nSPS) is 10.3. The van der Waals surface area contributed by atoms with Crippen LogP contribution in [0.3, 0.4) is 0 Å². The zero-order valence-electron chi connectivity index (χ0n) is 10.2. The Kier molecular flexibility index (Phi) is 4.15. The van der Waals surface area contributed by atoms with Crippen LogP contribution in [0.25, 0.3) is 11.1 Å². The summed E-state index contributed by atoms with van der Waals surface area (Å²) < 4.78 is 10.6. The molecule has 4 nitrogen and oxygen atoms in total. The molecule has 0 fully saturated rings. The lowest BCUT2D eigenvalue weighted by molar-refractivity contribution is 0.146. The van der Waals surface area contributed by atoms with Crippen LogP contribution in [0, 0.1) is 0 Å². The van der Waals surface area contributed by atoms with E-state index in [1.54, 1.807) is 19.4 Å². The minimum Gasteiger partial charge on any atom is -0.506 e. The van der Waals surface area contributed by atoms with E-state index in [0.717, 1.165) is 16.9 Å². The molecule has 4 heteroatoms. The predicted molar refractivity (Wildman–Crippen MR) is 68.7 cm³/mol. The standard InChI is InChI=1S/C14H15NO3/c1-17-6-7-18-14-5-3-2-4-13(14)11-8-12(16)10-15-9-11/h2-5,8-10,16H,6-7H2,1H3. The van der Waals surface area contributed by atoms with Crippen LogP contribution in [-0.2, 0) is 4.74 Å². The molecule has 0 bridgehead atoms. The molecule has 0 spiro atoms. The van der Waals surface area contributed by atoms with Gasteiger partial charge in [-0.05, 0) is 12.1 Å². The zero-order valence-corrected chi connectivity index (χ0v) is 10.2. The second kappa shape index (κ2) is 6.02. The van der Waals surface area contributed by atoms with Crippen molar-refractivity contribution < 1.29 is 14.6 Å². The molecule has 1 aromatic heterocycles. The minimum atomic E-state index is 0.138. The van der Waals surface area contributed by atoms with Gasteiger partial charge in [0.25, 0.3) is 0 Å². The number of hydrogen-bond acceptors (Lipinski definition) is 4. The van der Waals surface area contributed by atoms with E-state index in [2.05, 4.69) is 4.98 Å². The van der Waals surface area contributed by atoms with Crippen LogP contribution in [0.4, 0.5) is 0 Å². The molecule has 0 aliphatic carbocycles. The second-order valence-corrected chi connectivity index (χ2v) is 3.77. The van der Waals surface area contributed by atoms with Gasteiger partial charge in [-0.2, -0.15) is 0 Å². The fraction of sp³-hybridized carbons (Fsp3) is 0.214. The van der Waals surface area contributed by atoms with Gasteiger partial charge in [-0.1, -0.05) is 18.2 Å². The summed E-state index contributed by atoms with van der Waals surface area (Å²) in [6.07, 6.45) is 3.09. The Morgan fingerprint density at radius 3 is 2.78 bits per heavy atom. The molecule has 0 saturated carbocycles. The van der Waals surface area contributed by atoms with Crippen LogP contribution in [0.15, 0.2) is 42.7 Å². The second-order valence-electron chi connectivity index (χ2n) is 3.77. The summed E-state index contributed by atoms with van der Waals surface area (Å²) in [6, 6.07) is 9.30. The highest BCUT2D eigenvalue weighted by Crippen LogP contribution is 2.30. The summed E-state index contributed by atoms with van der Waals surface area (Å²) in [5, 5.41) is 9.46. The highest BCUT2D eigenvalue weighted by Gasteiger charge is 2.06. The van der Waals surface area contributed by atoms with Crippen molar-refractivity contribution in [3.05, 3.63) is 42.7 Å². The fourth-order valence-corrected chi connectivity index (χ4v) is 1.64. The van der Waals surface area contributed by atoms with Gasteiger partial charge >= 0.3 is 0 Å². The van der Waals surface area contributed by atoms with Crippen molar-refractivity contribution in [3.8, 4) is 22.6 Å². The average molecular weight is 245 g/mol. The van der Waals surface area contributed by atoms with Crippen LogP contribution < -0.4 is 4.74 Å². The smallest absolute Gasteiger partial charge is 0.134 e. The number of aromatic hydroxyl groups is 1. The van der Waals surface area contributed by atoms with Gasteiger partial charge in [0.1, 0.15) is 18.1 Å². The summed E-state index contributed by atoms with van der Waals surface area (Å²) in [7, 11) is 1.63. The number of aromatic nitrogens is 1. The van der Waals surface area contributed by atoms with E-state index in [1.807, 2.05) is 24.3 Å². The quantitative estimate of drug-likeness (QED) is 0.822. The first-order valence-electron chi connectivity index (χ1n) is 5.66. The van der Waals surface area contributed by atoms with Gasteiger partial charge in [-0.25, -0.2) is 0 Å². The van der Waals surface area contributed by atoms with E-state index in [9.17, 15) is 5.11 Å². The highest BCUT2D eigenvalue weighted by atomic mass is 16.5. The SMILES string of the molecule is COCCOc1ccccc1-c1cncc(O)c1. The van der Waals surface area contributed by atoms with Crippen molar-refractivity contribution in [2.75, 3.05) is 20.3 Å². The number of ether oxygens (including phenoxy) is 2.